The molecule has 0 aliphatic rings. The molecule has 0 amide bonds. The third-order valence-electron chi connectivity index (χ3n) is 2.18. The Kier molecular flexibility index (Phi) is 2.84. The van der Waals surface area contributed by atoms with E-state index in [1.807, 2.05) is 0 Å². The maximum Gasteiger partial charge on any atom is 0.294 e. The molecule has 2 aromatic rings. The molecule has 0 heterocycles. The summed E-state index contributed by atoms with van der Waals surface area (Å²) < 4.78 is 30.8. The van der Waals surface area contributed by atoms with Crippen molar-refractivity contribution in [2.45, 2.75) is 4.90 Å². The summed E-state index contributed by atoms with van der Waals surface area (Å²) in [5.74, 6) is 0. The van der Waals surface area contributed by atoms with Crippen molar-refractivity contribution in [3.05, 3.63) is 40.4 Å². The summed E-state index contributed by atoms with van der Waals surface area (Å²) in [7, 11) is -4.23. The van der Waals surface area contributed by atoms with E-state index in [0.29, 0.717) is 20.8 Å². The molecule has 16 heavy (non-hydrogen) atoms. The van der Waals surface area contributed by atoms with E-state index in [-0.39, 0.29) is 4.90 Å². The summed E-state index contributed by atoms with van der Waals surface area (Å²) in [6, 6.07) is 7.27. The minimum Gasteiger partial charge on any atom is -0.282 e. The fraction of sp³-hybridized carbons (Fsp3) is 0. The quantitative estimate of drug-likeness (QED) is 0.813. The van der Waals surface area contributed by atoms with Gasteiger partial charge in [-0.15, -0.1) is 0 Å². The Balaban J connectivity index is 2.86. The van der Waals surface area contributed by atoms with Crippen LogP contribution in [0.3, 0.4) is 0 Å². The van der Waals surface area contributed by atoms with Gasteiger partial charge in [0.05, 0.1) is 4.90 Å². The van der Waals surface area contributed by atoms with Gasteiger partial charge < -0.3 is 0 Å². The van der Waals surface area contributed by atoms with Gasteiger partial charge in [0.1, 0.15) is 0 Å². The van der Waals surface area contributed by atoms with Gasteiger partial charge >= 0.3 is 0 Å². The monoisotopic (exact) mass is 276 g/mol. The molecule has 0 spiro atoms. The van der Waals surface area contributed by atoms with E-state index in [4.69, 9.17) is 27.8 Å². The SMILES string of the molecule is O=S(=O)(O)c1ccc2c(Cl)ccc(Cl)c2c1. The van der Waals surface area contributed by atoms with Crippen LogP contribution in [0.15, 0.2) is 35.2 Å². The fourth-order valence-electron chi connectivity index (χ4n) is 1.42. The number of hydrogen-bond donors (Lipinski definition) is 1. The van der Waals surface area contributed by atoms with Crippen molar-refractivity contribution in [1.29, 1.82) is 0 Å². The molecule has 1 N–H and O–H groups in total. The Morgan fingerprint density at radius 2 is 1.50 bits per heavy atom. The van der Waals surface area contributed by atoms with Crippen LogP contribution in [0.25, 0.3) is 10.8 Å². The van der Waals surface area contributed by atoms with Crippen LogP contribution in [0.2, 0.25) is 10.0 Å². The predicted molar refractivity (Wildman–Crippen MR) is 63.8 cm³/mol. The summed E-state index contributed by atoms with van der Waals surface area (Å²) in [6.07, 6.45) is 0. The van der Waals surface area contributed by atoms with Gasteiger partial charge in [0.15, 0.2) is 0 Å². The maximum absolute atomic E-state index is 11.0. The Morgan fingerprint density at radius 1 is 0.938 bits per heavy atom. The molecule has 0 bridgehead atoms. The summed E-state index contributed by atoms with van der Waals surface area (Å²) in [6.45, 7) is 0. The van der Waals surface area contributed by atoms with E-state index in [9.17, 15) is 8.42 Å². The van der Waals surface area contributed by atoms with Crippen molar-refractivity contribution in [2.75, 3.05) is 0 Å². The summed E-state index contributed by atoms with van der Waals surface area (Å²) in [5.41, 5.74) is 0. The van der Waals surface area contributed by atoms with Crippen molar-refractivity contribution in [3.63, 3.8) is 0 Å². The Labute approximate surface area is 102 Å². The first-order valence-corrected chi connectivity index (χ1v) is 6.44. The molecule has 3 nitrogen and oxygen atoms in total. The predicted octanol–water partition coefficient (Wildman–Crippen LogP) is 3.39. The van der Waals surface area contributed by atoms with E-state index in [2.05, 4.69) is 0 Å². The smallest absolute Gasteiger partial charge is 0.282 e. The zero-order valence-corrected chi connectivity index (χ0v) is 10.1. The van der Waals surface area contributed by atoms with Gasteiger partial charge in [-0.3, -0.25) is 4.55 Å². The van der Waals surface area contributed by atoms with Crippen LogP contribution in [0.4, 0.5) is 0 Å². The molecule has 0 unspecified atom stereocenters. The van der Waals surface area contributed by atoms with E-state index in [1.54, 1.807) is 12.1 Å². The van der Waals surface area contributed by atoms with Crippen LogP contribution >= 0.6 is 23.2 Å². The Bertz CT molecular complexity index is 665. The lowest BCUT2D eigenvalue weighted by Gasteiger charge is -2.04. The summed E-state index contributed by atoms with van der Waals surface area (Å²) >= 11 is 11.8. The minimum atomic E-state index is -4.23. The molecule has 0 saturated heterocycles. The third-order valence-corrected chi connectivity index (χ3v) is 3.69. The van der Waals surface area contributed by atoms with Gasteiger partial charge in [0.25, 0.3) is 10.1 Å². The van der Waals surface area contributed by atoms with Crippen LogP contribution in [-0.4, -0.2) is 13.0 Å². The fourth-order valence-corrected chi connectivity index (χ4v) is 2.37. The molecule has 0 atom stereocenters. The van der Waals surface area contributed by atoms with Gasteiger partial charge in [-0.25, -0.2) is 0 Å². The highest BCUT2D eigenvalue weighted by atomic mass is 35.5. The number of rotatable bonds is 1. The Morgan fingerprint density at radius 3 is 2.06 bits per heavy atom. The van der Waals surface area contributed by atoms with Crippen LogP contribution in [-0.2, 0) is 10.1 Å². The van der Waals surface area contributed by atoms with Gasteiger partial charge in [-0.05, 0) is 24.3 Å². The molecule has 0 aliphatic carbocycles. The highest BCUT2D eigenvalue weighted by molar-refractivity contribution is 7.85. The minimum absolute atomic E-state index is 0.204. The van der Waals surface area contributed by atoms with Crippen LogP contribution in [0.1, 0.15) is 0 Å². The zero-order valence-electron chi connectivity index (χ0n) is 7.81. The van der Waals surface area contributed by atoms with E-state index in [0.717, 1.165) is 0 Å². The number of benzene rings is 2. The largest absolute Gasteiger partial charge is 0.294 e. The first kappa shape index (κ1) is 11.7. The lowest BCUT2D eigenvalue weighted by atomic mass is 10.1. The second-order valence-electron chi connectivity index (χ2n) is 3.21. The number of fused-ring (bicyclic) bond motifs is 1. The normalized spacial score (nSPS) is 11.9. The zero-order chi connectivity index (χ0) is 11.9. The molecule has 2 aromatic carbocycles. The lowest BCUT2D eigenvalue weighted by Crippen LogP contribution is -1.97. The van der Waals surface area contributed by atoms with Crippen LogP contribution in [0.5, 0.6) is 0 Å². The first-order chi connectivity index (χ1) is 7.39. The van der Waals surface area contributed by atoms with Crippen molar-refractivity contribution in [1.82, 2.24) is 0 Å². The Hall–Kier alpha value is -0.810. The van der Waals surface area contributed by atoms with E-state index < -0.39 is 10.1 Å². The first-order valence-electron chi connectivity index (χ1n) is 4.25. The van der Waals surface area contributed by atoms with Crippen molar-refractivity contribution in [3.8, 4) is 0 Å². The van der Waals surface area contributed by atoms with E-state index in [1.165, 1.54) is 18.2 Å². The van der Waals surface area contributed by atoms with Crippen molar-refractivity contribution >= 4 is 44.1 Å². The van der Waals surface area contributed by atoms with Gasteiger partial charge in [-0.1, -0.05) is 29.3 Å². The second-order valence-corrected chi connectivity index (χ2v) is 5.45. The molecule has 0 aliphatic heterocycles. The lowest BCUT2D eigenvalue weighted by molar-refractivity contribution is 0.483. The van der Waals surface area contributed by atoms with Crippen LogP contribution in [0, 0.1) is 0 Å². The van der Waals surface area contributed by atoms with Crippen LogP contribution < -0.4 is 0 Å². The average Bonchev–Trinajstić information content (AvgIpc) is 2.22. The third kappa shape index (κ3) is 2.01. The highest BCUT2D eigenvalue weighted by Crippen LogP contribution is 2.31. The molecule has 0 fully saturated rings. The van der Waals surface area contributed by atoms with Gasteiger partial charge in [0.2, 0.25) is 0 Å². The summed E-state index contributed by atoms with van der Waals surface area (Å²) in [5, 5.41) is 1.98. The number of halogens is 2. The van der Waals surface area contributed by atoms with Gasteiger partial charge in [0, 0.05) is 20.8 Å². The van der Waals surface area contributed by atoms with Crippen molar-refractivity contribution < 1.29 is 13.0 Å². The molecular formula is C10H6Cl2O3S. The van der Waals surface area contributed by atoms with E-state index >= 15 is 0 Å². The summed E-state index contributed by atoms with van der Waals surface area (Å²) in [4.78, 5) is -0.204. The molecule has 84 valence electrons. The molecule has 6 heteroatoms. The standard InChI is InChI=1S/C10H6Cl2O3S/c11-9-3-4-10(12)8-5-6(16(13,14)15)1-2-7(8)9/h1-5H,(H,13,14,15). The molecule has 0 saturated carbocycles. The highest BCUT2D eigenvalue weighted by Gasteiger charge is 2.12. The average molecular weight is 277 g/mol. The van der Waals surface area contributed by atoms with Gasteiger partial charge in [-0.2, -0.15) is 8.42 Å². The second kappa shape index (κ2) is 3.89. The topological polar surface area (TPSA) is 54.4 Å². The maximum atomic E-state index is 11.0. The molecular weight excluding hydrogens is 271 g/mol. The van der Waals surface area contributed by atoms with Crippen molar-refractivity contribution in [2.24, 2.45) is 0 Å². The number of hydrogen-bond acceptors (Lipinski definition) is 2. The molecule has 0 aromatic heterocycles. The molecule has 0 radical (unpaired) electrons. The molecule has 2 rings (SSSR count).